The average molecular weight is 489 g/mol. The zero-order valence-electron chi connectivity index (χ0n) is 24.5. The highest BCUT2D eigenvalue weighted by Gasteiger charge is 2.17. The molecule has 0 amide bonds. The second-order valence-electron chi connectivity index (χ2n) is 9.83. The minimum atomic E-state index is 0.146. The summed E-state index contributed by atoms with van der Waals surface area (Å²) in [4.78, 5) is 0. The molecule has 0 fully saturated rings. The Morgan fingerprint density at radius 3 is 1.95 bits per heavy atom. The minimum absolute atomic E-state index is 0.146. The number of furan rings is 1. The first-order valence-corrected chi connectivity index (χ1v) is 12.8. The van der Waals surface area contributed by atoms with E-state index in [0.29, 0.717) is 6.42 Å². The van der Waals surface area contributed by atoms with E-state index in [4.69, 9.17) is 9.90 Å². The van der Waals surface area contributed by atoms with Gasteiger partial charge in [0.2, 0.25) is 0 Å². The van der Waals surface area contributed by atoms with Crippen molar-refractivity contribution in [1.29, 1.82) is 0 Å². The summed E-state index contributed by atoms with van der Waals surface area (Å²) in [5.74, 6) is 0. The highest BCUT2D eigenvalue weighted by Crippen LogP contribution is 2.42. The van der Waals surface area contributed by atoms with Gasteiger partial charge in [-0.2, -0.15) is 0 Å². The third kappa shape index (κ3) is 3.26. The molecule has 0 bridgehead atoms. The van der Waals surface area contributed by atoms with Crippen molar-refractivity contribution in [2.24, 2.45) is 0 Å². The molecular formula is C37H24O. The van der Waals surface area contributed by atoms with Crippen molar-refractivity contribution in [3.63, 3.8) is 0 Å². The van der Waals surface area contributed by atoms with Gasteiger partial charge in [0.25, 0.3) is 0 Å². The minimum Gasteiger partial charge on any atom is -0.456 e. The van der Waals surface area contributed by atoms with Crippen LogP contribution < -0.4 is 0 Å². The van der Waals surface area contributed by atoms with Gasteiger partial charge in [0.15, 0.2) is 0 Å². The van der Waals surface area contributed by atoms with Gasteiger partial charge in [-0.15, -0.1) is 0 Å². The van der Waals surface area contributed by atoms with E-state index in [9.17, 15) is 0 Å². The Morgan fingerprint density at radius 2 is 1.16 bits per heavy atom. The summed E-state index contributed by atoms with van der Waals surface area (Å²) in [6, 6.07) is 36.6. The summed E-state index contributed by atoms with van der Waals surface area (Å²) in [7, 11) is 0. The van der Waals surface area contributed by atoms with Crippen LogP contribution >= 0.6 is 0 Å². The van der Waals surface area contributed by atoms with Crippen molar-refractivity contribution in [3.05, 3.63) is 144 Å². The fourth-order valence-electron chi connectivity index (χ4n) is 5.91. The molecule has 8 aromatic rings. The lowest BCUT2D eigenvalue weighted by Gasteiger charge is -2.17. The highest BCUT2D eigenvalue weighted by molar-refractivity contribution is 6.16. The van der Waals surface area contributed by atoms with Gasteiger partial charge in [-0.3, -0.25) is 0 Å². The fraction of sp³-hybridized carbons (Fsp3) is 0.0270. The molecule has 0 radical (unpaired) electrons. The number of hydrogen-bond donors (Lipinski definition) is 0. The molecule has 0 aliphatic rings. The third-order valence-electron chi connectivity index (χ3n) is 7.66. The highest BCUT2D eigenvalue weighted by atomic mass is 16.3. The monoisotopic (exact) mass is 488 g/mol. The number of rotatable bonds is 3. The van der Waals surface area contributed by atoms with Gasteiger partial charge in [-0.1, -0.05) is 115 Å². The first-order valence-electron chi connectivity index (χ1n) is 14.8. The fourth-order valence-corrected chi connectivity index (χ4v) is 5.91. The van der Waals surface area contributed by atoms with E-state index in [-0.39, 0.29) is 24.2 Å². The second kappa shape index (κ2) is 8.33. The predicted molar refractivity (Wildman–Crippen MR) is 161 cm³/mol. The van der Waals surface area contributed by atoms with Crippen molar-refractivity contribution in [1.82, 2.24) is 0 Å². The molecule has 0 unspecified atom stereocenters. The molecule has 1 heterocycles. The summed E-state index contributed by atoms with van der Waals surface area (Å²) >= 11 is 0. The molecule has 178 valence electrons. The van der Waals surface area contributed by atoms with Crippen molar-refractivity contribution in [2.75, 3.05) is 0 Å². The molecule has 1 aromatic heterocycles. The van der Waals surface area contributed by atoms with Crippen LogP contribution in [-0.4, -0.2) is 0 Å². The van der Waals surface area contributed by atoms with Gasteiger partial charge in [-0.25, -0.2) is 0 Å². The van der Waals surface area contributed by atoms with E-state index in [1.165, 1.54) is 5.39 Å². The van der Waals surface area contributed by atoms with Crippen LogP contribution in [0.5, 0.6) is 0 Å². The Balaban J connectivity index is 1.45. The van der Waals surface area contributed by atoms with E-state index in [1.54, 1.807) is 24.3 Å². The molecule has 1 nitrogen and oxygen atoms in total. The summed E-state index contributed by atoms with van der Waals surface area (Å²) in [5, 5.41) is 7.88. The maximum Gasteiger partial charge on any atom is 0.136 e. The molecule has 0 aliphatic carbocycles. The van der Waals surface area contributed by atoms with Crippen LogP contribution in [-0.2, 0) is 6.42 Å². The number of para-hydroxylation sites is 1. The quantitative estimate of drug-likeness (QED) is 0.225. The van der Waals surface area contributed by atoms with Crippen LogP contribution in [0.3, 0.4) is 0 Å². The smallest absolute Gasteiger partial charge is 0.136 e. The normalized spacial score (nSPS) is 13.3. The molecule has 38 heavy (non-hydrogen) atoms. The van der Waals surface area contributed by atoms with Crippen LogP contribution in [0.15, 0.2) is 138 Å². The van der Waals surface area contributed by atoms with Crippen molar-refractivity contribution in [2.45, 2.75) is 6.42 Å². The van der Waals surface area contributed by atoms with Crippen LogP contribution in [0.2, 0.25) is 0 Å². The number of benzene rings is 7. The molecule has 1 heteroatoms. The van der Waals surface area contributed by atoms with Gasteiger partial charge >= 0.3 is 0 Å². The standard InChI is InChI=1S/C37H24O/c1-2-10-26-21-24(17-18-25(26)9-1)22-34-28-11-3-5-14-32(28)37(33-15-6-4-12-29(33)34)27-19-20-31-30-13-7-8-16-35(30)38-36(31)23-27/h1-21,23H,22H2/i3D,4D,5D,6D. The average Bonchev–Trinajstić information content (AvgIpc) is 3.37. The van der Waals surface area contributed by atoms with Crippen molar-refractivity contribution < 1.29 is 9.90 Å². The van der Waals surface area contributed by atoms with E-state index >= 15 is 0 Å². The molecule has 8 rings (SSSR count). The van der Waals surface area contributed by atoms with E-state index in [1.807, 2.05) is 36.4 Å². The molecule has 0 N–H and O–H groups in total. The maximum absolute atomic E-state index is 8.56. The Labute approximate surface area is 226 Å². The summed E-state index contributed by atoms with van der Waals surface area (Å²) < 4.78 is 40.4. The first-order chi connectivity index (χ1) is 20.4. The Morgan fingerprint density at radius 1 is 0.500 bits per heavy atom. The lowest BCUT2D eigenvalue weighted by atomic mass is 9.86. The molecule has 0 spiro atoms. The lowest BCUT2D eigenvalue weighted by molar-refractivity contribution is 0.669. The molecule has 0 saturated carbocycles. The zero-order valence-corrected chi connectivity index (χ0v) is 20.5. The second-order valence-corrected chi connectivity index (χ2v) is 9.83. The zero-order chi connectivity index (χ0) is 28.5. The molecule has 0 atom stereocenters. The van der Waals surface area contributed by atoms with E-state index < -0.39 is 0 Å². The van der Waals surface area contributed by atoms with Gasteiger partial charge < -0.3 is 4.42 Å². The molecule has 7 aromatic carbocycles. The molecule has 0 saturated heterocycles. The van der Waals surface area contributed by atoms with Gasteiger partial charge in [0, 0.05) is 10.8 Å². The Kier molecular flexibility index (Phi) is 3.85. The van der Waals surface area contributed by atoms with Crippen LogP contribution in [0.4, 0.5) is 0 Å². The first kappa shape index (κ1) is 17.6. The summed E-state index contributed by atoms with van der Waals surface area (Å²) in [5.41, 5.74) is 5.49. The SMILES string of the molecule is [2H]c1cc2c(Cc3ccc4ccccc4c3)c3cc([2H])c([2H])cc3c(-c3ccc4c(c3)oc3ccccc34)c2cc1[2H]. The summed E-state index contributed by atoms with van der Waals surface area (Å²) in [6.07, 6.45) is 0.592. The topological polar surface area (TPSA) is 13.1 Å². The Bertz CT molecular complexity index is 2320. The third-order valence-corrected chi connectivity index (χ3v) is 7.66. The summed E-state index contributed by atoms with van der Waals surface area (Å²) in [6.45, 7) is 0. The number of hydrogen-bond acceptors (Lipinski definition) is 1. The number of fused-ring (bicyclic) bond motifs is 6. The predicted octanol–water partition coefficient (Wildman–Crippen LogP) is 10.3. The van der Waals surface area contributed by atoms with Crippen LogP contribution in [0.1, 0.15) is 16.6 Å². The van der Waals surface area contributed by atoms with Crippen molar-refractivity contribution in [3.8, 4) is 11.1 Å². The van der Waals surface area contributed by atoms with Crippen LogP contribution in [0.25, 0.3) is 65.4 Å². The maximum atomic E-state index is 8.56. The molecule has 0 aliphatic heterocycles. The van der Waals surface area contributed by atoms with Gasteiger partial charge in [-0.05, 0) is 79.2 Å². The molecular weight excluding hydrogens is 460 g/mol. The van der Waals surface area contributed by atoms with Crippen molar-refractivity contribution >= 4 is 54.3 Å². The Hall–Kier alpha value is -4.88. The van der Waals surface area contributed by atoms with E-state index in [0.717, 1.165) is 71.1 Å². The van der Waals surface area contributed by atoms with Crippen LogP contribution in [0, 0.1) is 0 Å². The van der Waals surface area contributed by atoms with Gasteiger partial charge in [0.1, 0.15) is 11.2 Å². The van der Waals surface area contributed by atoms with Gasteiger partial charge in [0.05, 0.1) is 5.48 Å². The largest absolute Gasteiger partial charge is 0.456 e. The van der Waals surface area contributed by atoms with E-state index in [2.05, 4.69) is 48.5 Å². The lowest BCUT2D eigenvalue weighted by Crippen LogP contribution is -1.95.